The van der Waals surface area contributed by atoms with E-state index in [0.717, 1.165) is 5.56 Å². The van der Waals surface area contributed by atoms with E-state index in [2.05, 4.69) is 0 Å². The van der Waals surface area contributed by atoms with Gasteiger partial charge < -0.3 is 9.05 Å². The molecule has 0 aliphatic rings. The maximum Gasteiger partial charge on any atom is 0.330 e. The first-order valence-corrected chi connectivity index (χ1v) is 6.95. The predicted molar refractivity (Wildman–Crippen MR) is 61.0 cm³/mol. The standard InChI is InChI=1S/C11H16FO3P/c1-3-14-16(13,4-2)15-9-10-5-7-11(12)8-6-10/h5-8H,3-4,9H2,1-2H3. The molecule has 1 aromatic carbocycles. The second-order valence-electron chi connectivity index (χ2n) is 3.24. The molecule has 5 heteroatoms. The normalized spacial score (nSPS) is 14.7. The number of hydrogen-bond acceptors (Lipinski definition) is 3. The average molecular weight is 246 g/mol. The minimum absolute atomic E-state index is 0.172. The molecule has 0 amide bonds. The van der Waals surface area contributed by atoms with E-state index in [1.165, 1.54) is 12.1 Å². The van der Waals surface area contributed by atoms with Crippen molar-refractivity contribution in [3.63, 3.8) is 0 Å². The summed E-state index contributed by atoms with van der Waals surface area (Å²) in [4.78, 5) is 0. The second kappa shape index (κ2) is 6.14. The summed E-state index contributed by atoms with van der Waals surface area (Å²) in [5, 5.41) is 0. The van der Waals surface area contributed by atoms with Crippen LogP contribution in [-0.4, -0.2) is 12.8 Å². The van der Waals surface area contributed by atoms with E-state index in [1.807, 2.05) is 0 Å². The molecule has 0 radical (unpaired) electrons. The predicted octanol–water partition coefficient (Wildman–Crippen LogP) is 3.59. The van der Waals surface area contributed by atoms with Gasteiger partial charge in [-0.05, 0) is 24.6 Å². The Balaban J connectivity index is 2.56. The summed E-state index contributed by atoms with van der Waals surface area (Å²) in [6.45, 7) is 4.05. The minimum atomic E-state index is -2.97. The smallest absolute Gasteiger partial charge is 0.309 e. The number of hydrogen-bond donors (Lipinski definition) is 0. The van der Waals surface area contributed by atoms with Crippen molar-refractivity contribution in [1.82, 2.24) is 0 Å². The lowest BCUT2D eigenvalue weighted by atomic mass is 10.2. The molecule has 0 aromatic heterocycles. The molecule has 1 atom stereocenters. The third-order valence-corrected chi connectivity index (χ3v) is 4.00. The molecule has 1 aromatic rings. The Kier molecular flexibility index (Phi) is 5.13. The number of rotatable bonds is 6. The number of benzene rings is 1. The first-order valence-electron chi connectivity index (χ1n) is 5.22. The first-order chi connectivity index (χ1) is 7.59. The van der Waals surface area contributed by atoms with E-state index in [1.54, 1.807) is 26.0 Å². The van der Waals surface area contributed by atoms with Gasteiger partial charge in [-0.2, -0.15) is 0 Å². The zero-order chi connectivity index (χ0) is 12.0. The summed E-state index contributed by atoms with van der Waals surface area (Å²) in [6.07, 6.45) is 0.335. The summed E-state index contributed by atoms with van der Waals surface area (Å²) >= 11 is 0. The van der Waals surface area contributed by atoms with Gasteiger partial charge in [0.25, 0.3) is 0 Å². The summed E-state index contributed by atoms with van der Waals surface area (Å²) in [5.74, 6) is -0.299. The second-order valence-corrected chi connectivity index (χ2v) is 5.62. The summed E-state index contributed by atoms with van der Waals surface area (Å²) < 4.78 is 34.9. The zero-order valence-corrected chi connectivity index (χ0v) is 10.4. The number of halogens is 1. The molecule has 1 unspecified atom stereocenters. The van der Waals surface area contributed by atoms with Crippen LogP contribution in [0.3, 0.4) is 0 Å². The SMILES string of the molecule is CCOP(=O)(CC)OCc1ccc(F)cc1. The molecule has 0 bridgehead atoms. The van der Waals surface area contributed by atoms with Crippen molar-refractivity contribution in [2.75, 3.05) is 12.8 Å². The lowest BCUT2D eigenvalue weighted by Gasteiger charge is -2.15. The van der Waals surface area contributed by atoms with Crippen molar-refractivity contribution in [2.45, 2.75) is 20.5 Å². The highest BCUT2D eigenvalue weighted by atomic mass is 31.2. The van der Waals surface area contributed by atoms with Gasteiger partial charge in [0, 0.05) is 6.16 Å². The van der Waals surface area contributed by atoms with Crippen LogP contribution in [-0.2, 0) is 20.2 Å². The van der Waals surface area contributed by atoms with Gasteiger partial charge in [0.15, 0.2) is 0 Å². The van der Waals surface area contributed by atoms with Crippen molar-refractivity contribution < 1.29 is 18.0 Å². The lowest BCUT2D eigenvalue weighted by molar-refractivity contribution is 0.205. The highest BCUT2D eigenvalue weighted by molar-refractivity contribution is 7.53. The molecule has 0 spiro atoms. The maximum atomic E-state index is 12.6. The van der Waals surface area contributed by atoms with Gasteiger partial charge in [-0.3, -0.25) is 4.57 Å². The molecule has 0 aliphatic heterocycles. The van der Waals surface area contributed by atoms with Crippen LogP contribution in [0.1, 0.15) is 19.4 Å². The van der Waals surface area contributed by atoms with Crippen molar-refractivity contribution in [2.24, 2.45) is 0 Å². The van der Waals surface area contributed by atoms with Crippen LogP contribution in [0.4, 0.5) is 4.39 Å². The highest BCUT2D eigenvalue weighted by Gasteiger charge is 2.20. The Bertz CT molecular complexity index is 364. The van der Waals surface area contributed by atoms with Crippen molar-refractivity contribution >= 4 is 7.60 Å². The monoisotopic (exact) mass is 246 g/mol. The molecule has 0 saturated carbocycles. The van der Waals surface area contributed by atoms with Crippen LogP contribution in [0.2, 0.25) is 0 Å². The fraction of sp³-hybridized carbons (Fsp3) is 0.455. The molecule has 0 aliphatic carbocycles. The van der Waals surface area contributed by atoms with Gasteiger partial charge in [0.1, 0.15) is 5.82 Å². The molecule has 0 fully saturated rings. The minimum Gasteiger partial charge on any atom is -0.309 e. The van der Waals surface area contributed by atoms with Crippen LogP contribution in [0.25, 0.3) is 0 Å². The van der Waals surface area contributed by atoms with E-state index in [9.17, 15) is 8.96 Å². The van der Waals surface area contributed by atoms with Crippen molar-refractivity contribution in [1.29, 1.82) is 0 Å². The third-order valence-electron chi connectivity index (χ3n) is 2.05. The van der Waals surface area contributed by atoms with E-state index in [-0.39, 0.29) is 12.4 Å². The van der Waals surface area contributed by atoms with Crippen LogP contribution < -0.4 is 0 Å². The van der Waals surface area contributed by atoms with Gasteiger partial charge >= 0.3 is 7.60 Å². The molecule has 0 heterocycles. The molecule has 3 nitrogen and oxygen atoms in total. The Morgan fingerprint density at radius 2 is 1.81 bits per heavy atom. The topological polar surface area (TPSA) is 35.5 Å². The zero-order valence-electron chi connectivity index (χ0n) is 9.48. The fourth-order valence-electron chi connectivity index (χ4n) is 1.17. The molecule has 1 rings (SSSR count). The van der Waals surface area contributed by atoms with Crippen molar-refractivity contribution in [3.8, 4) is 0 Å². The Morgan fingerprint density at radius 1 is 1.19 bits per heavy atom. The van der Waals surface area contributed by atoms with Gasteiger partial charge in [-0.25, -0.2) is 4.39 Å². The fourth-order valence-corrected chi connectivity index (χ4v) is 2.35. The Hall–Kier alpha value is -0.700. The third kappa shape index (κ3) is 4.05. The van der Waals surface area contributed by atoms with Crippen LogP contribution in [0, 0.1) is 5.82 Å². The molecule has 16 heavy (non-hydrogen) atoms. The summed E-state index contributed by atoms with van der Waals surface area (Å²) in [5.41, 5.74) is 0.773. The molecule has 0 saturated heterocycles. The lowest BCUT2D eigenvalue weighted by Crippen LogP contribution is -1.98. The van der Waals surface area contributed by atoms with Crippen LogP contribution in [0.15, 0.2) is 24.3 Å². The van der Waals surface area contributed by atoms with Crippen LogP contribution in [0.5, 0.6) is 0 Å². The highest BCUT2D eigenvalue weighted by Crippen LogP contribution is 2.48. The summed E-state index contributed by atoms with van der Waals surface area (Å²) in [7, 11) is -2.97. The van der Waals surface area contributed by atoms with Crippen LogP contribution >= 0.6 is 7.60 Å². The van der Waals surface area contributed by atoms with E-state index in [0.29, 0.717) is 12.8 Å². The Labute approximate surface area is 95.1 Å². The van der Waals surface area contributed by atoms with Gasteiger partial charge in [-0.15, -0.1) is 0 Å². The first kappa shape index (κ1) is 13.4. The Morgan fingerprint density at radius 3 is 2.31 bits per heavy atom. The van der Waals surface area contributed by atoms with Gasteiger partial charge in [0.2, 0.25) is 0 Å². The molecular weight excluding hydrogens is 230 g/mol. The largest absolute Gasteiger partial charge is 0.330 e. The average Bonchev–Trinajstić information content (AvgIpc) is 2.29. The summed E-state index contributed by atoms with van der Waals surface area (Å²) in [6, 6.07) is 5.88. The molecular formula is C11H16FO3P. The quantitative estimate of drug-likeness (QED) is 0.719. The van der Waals surface area contributed by atoms with E-state index in [4.69, 9.17) is 9.05 Å². The maximum absolute atomic E-state index is 12.6. The van der Waals surface area contributed by atoms with Gasteiger partial charge in [0.05, 0.1) is 13.2 Å². The molecule has 90 valence electrons. The van der Waals surface area contributed by atoms with Gasteiger partial charge in [-0.1, -0.05) is 19.1 Å². The van der Waals surface area contributed by atoms with E-state index < -0.39 is 7.60 Å². The van der Waals surface area contributed by atoms with Crippen molar-refractivity contribution in [3.05, 3.63) is 35.6 Å². The molecule has 0 N–H and O–H groups in total. The van der Waals surface area contributed by atoms with E-state index >= 15 is 0 Å².